The van der Waals surface area contributed by atoms with Crippen molar-refractivity contribution in [2.75, 3.05) is 6.61 Å². The number of fused-ring (bicyclic) bond motifs is 9. The van der Waals surface area contributed by atoms with Crippen molar-refractivity contribution >= 4 is 34.1 Å². The van der Waals surface area contributed by atoms with Crippen LogP contribution in [-0.2, 0) is 31.9 Å². The van der Waals surface area contributed by atoms with E-state index in [4.69, 9.17) is 33.5 Å². The summed E-state index contributed by atoms with van der Waals surface area (Å²) in [6, 6.07) is 7.21. The topological polar surface area (TPSA) is 35.9 Å². The van der Waals surface area contributed by atoms with Crippen LogP contribution in [0.5, 0.6) is 5.75 Å². The molecule has 3 aromatic heterocycles. The van der Waals surface area contributed by atoms with Gasteiger partial charge in [-0.25, -0.2) is 11.1 Å². The molecule has 74 heavy (non-hydrogen) atoms. The van der Waals surface area contributed by atoms with Crippen molar-refractivity contribution in [1.82, 2.24) is 14.1 Å². The SMILES string of the molecule is [2H]c1c([2H])c([2H])c(-c2cc3c4c(c2)n(-c2[c-]c(OC[C-]=c5/c(=C\C)c6ccccc6n5-c5cc6c(cn5)C(C([2H])([2H])[2H])(C([2H])([2H])[2H])C([2H])([2H])C([2H])([2H])C6(C([2H])([2H])[2H])C([2H])([2H])[2H])ccc2)[c-][n+]4-c2c(-c4c([2H])c([2H])c([2H])c([2H])c4[2H])cccc2-c2c([2H])c([2H])c([2H])c([2H])c2-c2c([2H])c([2H])c([2H])c([2H])c2-3)c([2H])c1[2H].[Pt]. The van der Waals surface area contributed by atoms with Crippen LogP contribution in [0.4, 0.5) is 0 Å². The second kappa shape index (κ2) is 18.6. The van der Waals surface area contributed by atoms with Crippen LogP contribution in [0.25, 0.3) is 107 Å². The van der Waals surface area contributed by atoms with Gasteiger partial charge in [-0.1, -0.05) is 191 Å². The zero-order valence-corrected chi connectivity index (χ0v) is 40.7. The van der Waals surface area contributed by atoms with Gasteiger partial charge < -0.3 is 13.9 Å². The van der Waals surface area contributed by atoms with Crippen molar-refractivity contribution in [1.29, 1.82) is 0 Å². The van der Waals surface area contributed by atoms with Crippen LogP contribution in [0.15, 0.2) is 194 Å². The van der Waals surface area contributed by atoms with E-state index in [0.29, 0.717) is 16.8 Å². The Balaban J connectivity index is 0.0000109. The smallest absolute Gasteiger partial charge is 0.268 e. The van der Waals surface area contributed by atoms with E-state index in [1.54, 1.807) is 37.3 Å². The molecule has 1 aliphatic carbocycles. The summed E-state index contributed by atoms with van der Waals surface area (Å²) in [5, 5.41) is 0.809. The number of hydrogen-bond donors (Lipinski definition) is 0. The Labute approximate surface area is 495 Å². The van der Waals surface area contributed by atoms with Crippen LogP contribution in [0.3, 0.4) is 0 Å². The zero-order valence-electron chi connectivity index (χ0n) is 72.4. The summed E-state index contributed by atoms with van der Waals surface area (Å²) in [5.41, 5.74) is -14.2. The Hall–Kier alpha value is -7.85. The van der Waals surface area contributed by atoms with Gasteiger partial charge in [-0.3, -0.25) is 4.57 Å². The summed E-state index contributed by atoms with van der Waals surface area (Å²) in [7, 11) is 0. The molecular weight excluding hydrogens is 1080 g/mol. The van der Waals surface area contributed by atoms with Gasteiger partial charge in [0.25, 0.3) is 6.33 Å². The van der Waals surface area contributed by atoms with Crippen molar-refractivity contribution in [3.8, 4) is 78.6 Å². The van der Waals surface area contributed by atoms with E-state index in [2.05, 4.69) is 23.5 Å². The van der Waals surface area contributed by atoms with E-state index >= 15 is 0 Å². The maximum atomic E-state index is 9.84. The first-order valence-electron chi connectivity index (χ1n) is 39.5. The molecule has 0 unspecified atom stereocenters. The van der Waals surface area contributed by atoms with E-state index in [1.807, 2.05) is 0 Å². The number of rotatable bonds is 7. The average molecular weight is 1170 g/mol. The molecule has 0 spiro atoms. The van der Waals surface area contributed by atoms with E-state index in [9.17, 15) is 17.8 Å². The molecule has 1 aliphatic heterocycles. The predicted molar refractivity (Wildman–Crippen MR) is 298 cm³/mol. The molecule has 11 aromatic rings. The summed E-state index contributed by atoms with van der Waals surface area (Å²) in [4.78, 5) is 4.45. The largest absolute Gasteiger partial charge is 0.534 e. The first-order chi connectivity index (χ1) is 49.7. The molecule has 0 radical (unpaired) electrons. The molecular formula is C68H54N4OPt-2. The Morgan fingerprint density at radius 2 is 1.31 bits per heavy atom. The molecule has 13 rings (SSSR count). The molecule has 5 nitrogen and oxygen atoms in total. The van der Waals surface area contributed by atoms with Crippen molar-refractivity contribution < 1.29 is 77.0 Å². The second-order valence-electron chi connectivity index (χ2n) is 17.0. The number of hydrogen-bond acceptors (Lipinski definition) is 2. The van der Waals surface area contributed by atoms with Crippen molar-refractivity contribution in [2.45, 2.75) is 57.9 Å². The van der Waals surface area contributed by atoms with Crippen LogP contribution < -0.4 is 19.9 Å². The fourth-order valence-corrected chi connectivity index (χ4v) is 9.58. The van der Waals surface area contributed by atoms with E-state index in [1.165, 1.54) is 62.2 Å². The Morgan fingerprint density at radius 1 is 0.676 bits per heavy atom. The quantitative estimate of drug-likeness (QED) is 0.118. The molecule has 0 atom stereocenters. The normalized spacial score (nSPS) is 23.1. The van der Waals surface area contributed by atoms with Crippen molar-refractivity contribution in [3.05, 3.63) is 228 Å². The third-order valence-electron chi connectivity index (χ3n) is 12.8. The Morgan fingerprint density at radius 3 is 2.03 bits per heavy atom. The molecule has 0 saturated carbocycles. The van der Waals surface area contributed by atoms with Crippen LogP contribution in [0.1, 0.15) is 105 Å². The van der Waals surface area contributed by atoms with Gasteiger partial charge in [0.15, 0.2) is 0 Å². The minimum atomic E-state index is -4.37. The minimum absolute atomic E-state index is 0. The monoisotopic (exact) mass is 1170 g/mol. The number of pyridine rings is 1. The van der Waals surface area contributed by atoms with Crippen LogP contribution >= 0.6 is 0 Å². The van der Waals surface area contributed by atoms with Crippen molar-refractivity contribution in [2.24, 2.45) is 0 Å². The fourth-order valence-electron chi connectivity index (χ4n) is 9.58. The number of para-hydroxylation sites is 2. The molecule has 364 valence electrons. The number of aromatic nitrogens is 4. The summed E-state index contributed by atoms with van der Waals surface area (Å²) >= 11 is 0. The molecule has 0 amide bonds. The minimum Gasteiger partial charge on any atom is -0.534 e. The maximum Gasteiger partial charge on any atom is 0.268 e. The van der Waals surface area contributed by atoms with Gasteiger partial charge in [0, 0.05) is 67.1 Å². The number of ether oxygens (including phenoxy) is 1. The Bertz CT molecular complexity index is 5780. The van der Waals surface area contributed by atoms with Gasteiger partial charge in [0.2, 0.25) is 0 Å². The molecule has 0 N–H and O–H groups in total. The van der Waals surface area contributed by atoms with Crippen molar-refractivity contribution in [3.63, 3.8) is 0 Å². The molecule has 0 saturated heterocycles. The van der Waals surface area contributed by atoms with Gasteiger partial charge in [-0.2, -0.15) is 18.2 Å². The zero-order chi connectivity index (χ0) is 78.7. The average Bonchev–Trinajstić information content (AvgIpc) is 0.681. The molecule has 4 heterocycles. The molecule has 2 aliphatic rings. The third-order valence-corrected chi connectivity index (χ3v) is 12.8. The maximum absolute atomic E-state index is 9.84. The first kappa shape index (κ1) is 22.7. The van der Waals surface area contributed by atoms with Crippen LogP contribution in [0.2, 0.25) is 0 Å². The number of benzene rings is 8. The van der Waals surface area contributed by atoms with E-state index in [-0.39, 0.29) is 82.3 Å². The van der Waals surface area contributed by atoms with E-state index in [0.717, 1.165) is 6.07 Å². The van der Waals surface area contributed by atoms with E-state index < -0.39 is 217 Å². The standard InChI is InChI=1S/C68H54N4O.Pt/c1-6-50-56-31-17-18-34-61(56)72(64-42-59-60(43-69-64)68(4,5)37-36-67(59,2)3)62(50)35-38-73-49-26-19-25-48(41-49)70-44-71-65-51(46-23-11-8-12-24-46)32-20-33-57(65)54-29-15-13-27-52(54)53-28-14-16-30-55(53)58-39-47(40-63(70)66(58)71)45-21-9-7-10-22-45;/h6-34,39-40,42-43H,36-38H2,1-5H3;/q-2;/b50-6-;/i2D3,3D3,4D3,5D3,7D,8D,9D,10D,11D,12D,13D,14D,15D,16D,21D,22D,23D,24D,27D,28D,29D,30D,36D2,37D2;. The van der Waals surface area contributed by atoms with Crippen LogP contribution in [-0.4, -0.2) is 20.7 Å². The third kappa shape index (κ3) is 7.80. The van der Waals surface area contributed by atoms with Gasteiger partial charge in [-0.15, -0.1) is 22.7 Å². The van der Waals surface area contributed by atoms with Gasteiger partial charge in [0.05, 0.1) is 41.4 Å². The molecule has 0 fully saturated rings. The number of imidazole rings is 1. The molecule has 0 bridgehead atoms. The van der Waals surface area contributed by atoms with Gasteiger partial charge in [-0.05, 0) is 114 Å². The summed E-state index contributed by atoms with van der Waals surface area (Å²) in [6.45, 7) is -15.3. The van der Waals surface area contributed by atoms with Gasteiger partial charge >= 0.3 is 0 Å². The first-order valence-corrected chi connectivity index (χ1v) is 22.5. The second-order valence-corrected chi connectivity index (χ2v) is 17.0. The predicted octanol–water partition coefficient (Wildman–Crippen LogP) is 14.4. The summed E-state index contributed by atoms with van der Waals surface area (Å²) in [5.74, 6) is -0.572. The van der Waals surface area contributed by atoms with Crippen LogP contribution in [0, 0.1) is 12.4 Å². The summed E-state index contributed by atoms with van der Waals surface area (Å²) in [6.07, 6.45) is -0.118. The number of nitrogens with zero attached hydrogens (tertiary/aromatic N) is 4. The molecule has 8 aromatic carbocycles. The molecule has 6 heteroatoms. The Kier molecular flexibility index (Phi) is 5.70. The van der Waals surface area contributed by atoms with Gasteiger partial charge in [0.1, 0.15) is 5.82 Å². The fraction of sp³-hybridized carbons (Fsp3) is 0.147. The summed E-state index contributed by atoms with van der Waals surface area (Å²) < 4.78 is 318.